The largest absolute Gasteiger partial charge is 0.490 e. The number of carboxylic acid groups (broad SMARTS) is 1. The van der Waals surface area contributed by atoms with Gasteiger partial charge in [0.15, 0.2) is 0 Å². The first-order valence-corrected chi connectivity index (χ1v) is 7.50. The molecule has 0 aliphatic carbocycles. The third kappa shape index (κ3) is 5.68. The van der Waals surface area contributed by atoms with Crippen molar-refractivity contribution in [3.63, 3.8) is 0 Å². The number of methoxy groups -OCH3 is 1. The van der Waals surface area contributed by atoms with E-state index < -0.39 is 16.0 Å². The quantitative estimate of drug-likeness (QED) is 0.617. The van der Waals surface area contributed by atoms with Crippen LogP contribution in [0, 0.1) is 0 Å². The molecule has 0 radical (unpaired) electrons. The summed E-state index contributed by atoms with van der Waals surface area (Å²) in [6.45, 7) is 1.16. The average molecular weight is 319 g/mol. The standard InChI is InChI=1S/C12H17NO7S/c1-18-4-5-19-6-7-20-10-3-2-9(12(14)15)8-11(10)21(13,16)17/h2-3,8H,4-7H2,1H3,(H,14,15)(H2,13,16,17). The highest BCUT2D eigenvalue weighted by molar-refractivity contribution is 7.89. The predicted molar refractivity (Wildman–Crippen MR) is 73.0 cm³/mol. The van der Waals surface area contributed by atoms with E-state index in [1.807, 2.05) is 0 Å². The van der Waals surface area contributed by atoms with Gasteiger partial charge in [0, 0.05) is 7.11 Å². The first kappa shape index (κ1) is 17.4. The molecule has 0 atom stereocenters. The first-order chi connectivity index (χ1) is 9.86. The van der Waals surface area contributed by atoms with Crippen molar-refractivity contribution >= 4 is 16.0 Å². The minimum atomic E-state index is -4.09. The summed E-state index contributed by atoms with van der Waals surface area (Å²) in [4.78, 5) is 10.5. The molecule has 0 amide bonds. The van der Waals surface area contributed by atoms with Crippen LogP contribution in [0.25, 0.3) is 0 Å². The van der Waals surface area contributed by atoms with Crippen LogP contribution in [-0.2, 0) is 19.5 Å². The lowest BCUT2D eigenvalue weighted by atomic mass is 10.2. The fourth-order valence-electron chi connectivity index (χ4n) is 1.44. The number of sulfonamides is 1. The van der Waals surface area contributed by atoms with E-state index in [2.05, 4.69) is 0 Å². The molecule has 118 valence electrons. The second kappa shape index (κ2) is 7.93. The minimum absolute atomic E-state index is 0.0159. The van der Waals surface area contributed by atoms with Crippen molar-refractivity contribution < 1.29 is 32.5 Å². The lowest BCUT2D eigenvalue weighted by Crippen LogP contribution is -2.16. The molecule has 0 saturated heterocycles. The molecule has 1 rings (SSSR count). The minimum Gasteiger partial charge on any atom is -0.490 e. The number of nitrogens with two attached hydrogens (primary N) is 1. The highest BCUT2D eigenvalue weighted by atomic mass is 32.2. The number of carboxylic acids is 1. The Hall–Kier alpha value is -1.68. The van der Waals surface area contributed by atoms with Crippen molar-refractivity contribution in [2.24, 2.45) is 5.14 Å². The molecule has 0 fully saturated rings. The molecule has 0 spiro atoms. The lowest BCUT2D eigenvalue weighted by molar-refractivity contribution is 0.0539. The highest BCUT2D eigenvalue weighted by Crippen LogP contribution is 2.24. The van der Waals surface area contributed by atoms with Gasteiger partial charge in [0.2, 0.25) is 10.0 Å². The fraction of sp³-hybridized carbons (Fsp3) is 0.417. The van der Waals surface area contributed by atoms with Gasteiger partial charge in [-0.2, -0.15) is 0 Å². The Balaban J connectivity index is 2.75. The summed E-state index contributed by atoms with van der Waals surface area (Å²) in [6, 6.07) is 3.44. The first-order valence-electron chi connectivity index (χ1n) is 5.96. The number of benzene rings is 1. The van der Waals surface area contributed by atoms with Gasteiger partial charge >= 0.3 is 5.97 Å². The van der Waals surface area contributed by atoms with Gasteiger partial charge in [0.25, 0.3) is 0 Å². The number of ether oxygens (including phenoxy) is 3. The molecule has 9 heteroatoms. The number of hydrogen-bond donors (Lipinski definition) is 2. The molecular formula is C12H17NO7S. The van der Waals surface area contributed by atoms with Crippen LogP contribution in [0.4, 0.5) is 0 Å². The maximum absolute atomic E-state index is 11.5. The van der Waals surface area contributed by atoms with E-state index in [1.54, 1.807) is 7.11 Å². The van der Waals surface area contributed by atoms with Crippen LogP contribution in [0.3, 0.4) is 0 Å². The van der Waals surface area contributed by atoms with Crippen molar-refractivity contribution in [2.45, 2.75) is 4.90 Å². The van der Waals surface area contributed by atoms with Crippen LogP contribution >= 0.6 is 0 Å². The molecule has 0 heterocycles. The predicted octanol–water partition coefficient (Wildman–Crippen LogP) is 0.0740. The molecule has 0 aliphatic rings. The zero-order valence-electron chi connectivity index (χ0n) is 11.4. The SMILES string of the molecule is COCCOCCOc1ccc(C(=O)O)cc1S(N)(=O)=O. The van der Waals surface area contributed by atoms with Crippen LogP contribution < -0.4 is 9.88 Å². The van der Waals surface area contributed by atoms with Crippen LogP contribution in [0.5, 0.6) is 5.75 Å². The number of rotatable bonds is 9. The Morgan fingerprint density at radius 3 is 2.48 bits per heavy atom. The number of hydrogen-bond acceptors (Lipinski definition) is 6. The van der Waals surface area contributed by atoms with E-state index in [0.717, 1.165) is 6.07 Å². The Bertz CT molecular complexity index is 585. The third-order valence-corrected chi connectivity index (χ3v) is 3.35. The Morgan fingerprint density at radius 2 is 1.90 bits per heavy atom. The van der Waals surface area contributed by atoms with E-state index in [0.29, 0.717) is 13.2 Å². The van der Waals surface area contributed by atoms with Crippen molar-refractivity contribution in [1.29, 1.82) is 0 Å². The van der Waals surface area contributed by atoms with E-state index in [1.165, 1.54) is 12.1 Å². The Labute approximate surface area is 122 Å². The van der Waals surface area contributed by atoms with Crippen molar-refractivity contribution in [3.8, 4) is 5.75 Å². The molecule has 0 saturated carbocycles. The fourth-order valence-corrected chi connectivity index (χ4v) is 2.14. The maximum atomic E-state index is 11.5. The lowest BCUT2D eigenvalue weighted by Gasteiger charge is -2.11. The summed E-state index contributed by atoms with van der Waals surface area (Å²) >= 11 is 0. The van der Waals surface area contributed by atoms with Gasteiger partial charge in [-0.25, -0.2) is 18.4 Å². The van der Waals surface area contributed by atoms with Crippen LogP contribution in [0.1, 0.15) is 10.4 Å². The maximum Gasteiger partial charge on any atom is 0.335 e. The Kier molecular flexibility index (Phi) is 6.56. The summed E-state index contributed by atoms with van der Waals surface area (Å²) in [7, 11) is -2.55. The molecule has 0 aliphatic heterocycles. The van der Waals surface area contributed by atoms with Gasteiger partial charge in [-0.05, 0) is 18.2 Å². The van der Waals surface area contributed by atoms with Crippen LogP contribution in [0.15, 0.2) is 23.1 Å². The molecule has 1 aromatic carbocycles. The molecule has 3 N–H and O–H groups in total. The van der Waals surface area contributed by atoms with E-state index in [-0.39, 0.29) is 29.4 Å². The van der Waals surface area contributed by atoms with Crippen LogP contribution in [0.2, 0.25) is 0 Å². The summed E-state index contributed by atoms with van der Waals surface area (Å²) < 4.78 is 38.1. The topological polar surface area (TPSA) is 125 Å². The van der Waals surface area contributed by atoms with Gasteiger partial charge in [-0.15, -0.1) is 0 Å². The van der Waals surface area contributed by atoms with Crippen molar-refractivity contribution in [3.05, 3.63) is 23.8 Å². The molecule has 8 nitrogen and oxygen atoms in total. The smallest absolute Gasteiger partial charge is 0.335 e. The number of primary sulfonamides is 1. The number of carbonyl (C=O) groups is 1. The zero-order chi connectivity index (χ0) is 15.9. The third-order valence-electron chi connectivity index (χ3n) is 2.41. The normalized spacial score (nSPS) is 11.3. The van der Waals surface area contributed by atoms with Gasteiger partial charge in [-0.3, -0.25) is 0 Å². The summed E-state index contributed by atoms with van der Waals surface area (Å²) in [5, 5.41) is 13.9. The molecular weight excluding hydrogens is 302 g/mol. The second-order valence-electron chi connectivity index (χ2n) is 3.97. The molecule has 21 heavy (non-hydrogen) atoms. The highest BCUT2D eigenvalue weighted by Gasteiger charge is 2.18. The van der Waals surface area contributed by atoms with Gasteiger partial charge in [0.1, 0.15) is 17.3 Å². The zero-order valence-corrected chi connectivity index (χ0v) is 12.3. The molecule has 1 aromatic rings. The van der Waals surface area contributed by atoms with Gasteiger partial charge < -0.3 is 19.3 Å². The summed E-state index contributed by atoms with van der Waals surface area (Å²) in [6.07, 6.45) is 0. The molecule has 0 unspecified atom stereocenters. The van der Waals surface area contributed by atoms with Gasteiger partial charge in [-0.1, -0.05) is 0 Å². The second-order valence-corrected chi connectivity index (χ2v) is 5.50. The van der Waals surface area contributed by atoms with Gasteiger partial charge in [0.05, 0.1) is 25.4 Å². The molecule has 0 bridgehead atoms. The van der Waals surface area contributed by atoms with E-state index >= 15 is 0 Å². The van der Waals surface area contributed by atoms with Crippen LogP contribution in [-0.4, -0.2) is 53.0 Å². The monoisotopic (exact) mass is 319 g/mol. The van der Waals surface area contributed by atoms with Crippen molar-refractivity contribution in [1.82, 2.24) is 0 Å². The average Bonchev–Trinajstić information content (AvgIpc) is 2.41. The Morgan fingerprint density at radius 1 is 1.24 bits per heavy atom. The molecule has 0 aromatic heterocycles. The van der Waals surface area contributed by atoms with E-state index in [4.69, 9.17) is 24.5 Å². The van der Waals surface area contributed by atoms with Crippen molar-refractivity contribution in [2.75, 3.05) is 33.5 Å². The summed E-state index contributed by atoms with van der Waals surface area (Å²) in [5.74, 6) is -1.27. The summed E-state index contributed by atoms with van der Waals surface area (Å²) in [5.41, 5.74) is -0.192. The van der Waals surface area contributed by atoms with E-state index in [9.17, 15) is 13.2 Å². The number of aromatic carboxylic acids is 1.